The van der Waals surface area contributed by atoms with Crippen molar-refractivity contribution in [3.63, 3.8) is 0 Å². The van der Waals surface area contributed by atoms with Crippen molar-refractivity contribution in [1.29, 1.82) is 10.5 Å². The number of carboxylic acids is 1. The number of aliphatic carboxylic acids is 1. The Kier molecular flexibility index (Phi) is 62.2. The van der Waals surface area contributed by atoms with E-state index in [0.717, 1.165) is 95.2 Å². The number of nitrogens with zero attached hydrogens (tertiary/aromatic N) is 13. The van der Waals surface area contributed by atoms with Gasteiger partial charge < -0.3 is 41.1 Å². The smallest absolute Gasteiger partial charge is 0.342 e. The van der Waals surface area contributed by atoms with Gasteiger partial charge >= 0.3 is 11.9 Å². The van der Waals surface area contributed by atoms with E-state index in [1.54, 1.807) is 52.1 Å². The highest BCUT2D eigenvalue weighted by atomic mass is 79.9. The highest BCUT2D eigenvalue weighted by Gasteiger charge is 2.22. The van der Waals surface area contributed by atoms with E-state index in [1.807, 2.05) is 273 Å². The van der Waals surface area contributed by atoms with Crippen molar-refractivity contribution >= 4 is 105 Å². The van der Waals surface area contributed by atoms with E-state index in [0.29, 0.717) is 11.7 Å². The Bertz CT molecular complexity index is 4560. The van der Waals surface area contributed by atoms with Gasteiger partial charge in [0.1, 0.15) is 17.8 Å². The fourth-order valence-electron chi connectivity index (χ4n) is 9.42. The lowest BCUT2D eigenvalue weighted by atomic mass is 10.0. The summed E-state index contributed by atoms with van der Waals surface area (Å²) in [5.41, 5.74) is 21.4. The van der Waals surface area contributed by atoms with E-state index in [4.69, 9.17) is 52.6 Å². The standard InChI is InChI=1S/C19H19N3O2.C15H16N4O.C15H13N3.C15H15N.C13H10O.C4H7N3O2.C2H4O2.C2H6O.CBrN.CH6N2.CH4O.2ClH.H3NO/c1-22(18-14-19(23)24-21-18)20-17(16-10-6-3-7-11-16)13-12-15-8-4-2-5-9-15;1-19(15(16)18-20)17-14(12-8-4-2-5-9-12)13-10-6-3-7-11-13;1-18(12-16)17-15(13-8-4-2-5-9-13)14-10-6-3-7-11-14;1-2-16-15(13-9-5-3-6-10-13)14-11-7-4-8-12-14;14-13(11-7-3-1-4-8-11)12-9-5-2-6-10-12;1-7(5)3-2-4(8)9-6-3;1-2(3)4;1-2-3;2-1-3;1-3-2;1-2;;;1-2/h2-11H,12-14H2,1H3;2-11,20H,1H3,(H2,16,18);2-11H,1H3;3-12H,2H2,1H3;1-10H;2,5H2,1H3;1H3,(H,3,4);3H,2H2,1H3;;3H,2H2,1H3;2H,1H3;2*1H;2H,1H2/b20-17+;;;;;;;;;;;;;. The maximum atomic E-state index is 11.8. The van der Waals surface area contributed by atoms with Crippen molar-refractivity contribution in [1.82, 2.24) is 25.5 Å². The van der Waals surface area contributed by atoms with Gasteiger partial charge in [-0.15, -0.1) is 24.8 Å². The molecular weight excluding hydrogens is 1640 g/mol. The minimum Gasteiger partial charge on any atom is -0.481 e. The van der Waals surface area contributed by atoms with E-state index in [-0.39, 0.29) is 67.9 Å². The van der Waals surface area contributed by atoms with Crippen LogP contribution in [0.5, 0.6) is 0 Å². The number of aliphatic imine (C=N–C) groups is 1. The molecule has 0 spiro atoms. The molecular formula is C88H105BrCl2N18O11. The Balaban J connectivity index is 0. The minimum atomic E-state index is -0.833. The second kappa shape index (κ2) is 68.7. The normalized spacial score (nSPS) is 10.5. The number of carbonyl (C=O) groups is 4. The molecule has 0 saturated carbocycles. The van der Waals surface area contributed by atoms with Gasteiger partial charge in [-0.25, -0.2) is 31.3 Å². The van der Waals surface area contributed by atoms with Gasteiger partial charge in [-0.05, 0) is 50.0 Å². The maximum absolute atomic E-state index is 11.8. The number of aryl methyl sites for hydroxylation is 1. The first-order valence-corrected chi connectivity index (χ1v) is 36.9. The molecule has 0 radical (unpaired) electrons. The number of amidine groups is 2. The van der Waals surface area contributed by atoms with Gasteiger partial charge in [0, 0.05) is 116 Å². The molecule has 2 heterocycles. The van der Waals surface area contributed by atoms with Gasteiger partial charge in [0.25, 0.3) is 11.9 Å². The molecule has 10 aromatic rings. The number of nitriles is 2. The van der Waals surface area contributed by atoms with Crippen LogP contribution < -0.4 is 28.7 Å². The molecule has 29 nitrogen and oxygen atoms in total. The molecule has 0 amide bonds. The molecule has 14 N–H and O–H groups in total. The predicted octanol–water partition coefficient (Wildman–Crippen LogP) is 13.5. The van der Waals surface area contributed by atoms with E-state index in [1.165, 1.54) is 31.7 Å². The Morgan fingerprint density at radius 1 is 0.517 bits per heavy atom. The van der Waals surface area contributed by atoms with Gasteiger partial charge in [-0.2, -0.15) is 25.8 Å². The van der Waals surface area contributed by atoms with E-state index < -0.39 is 5.97 Å². The summed E-state index contributed by atoms with van der Waals surface area (Å²) in [5, 5.41) is 82.3. The molecule has 0 aromatic heterocycles. The molecule has 0 saturated heterocycles. The highest BCUT2D eigenvalue weighted by Crippen LogP contribution is 2.17. The van der Waals surface area contributed by atoms with Crippen LogP contribution >= 0.6 is 40.7 Å². The molecule has 32 heteroatoms. The molecule has 0 atom stereocenters. The summed E-state index contributed by atoms with van der Waals surface area (Å²) >= 11 is 2.45. The largest absolute Gasteiger partial charge is 0.481 e. The number of rotatable bonds is 16. The third kappa shape index (κ3) is 45.7. The number of nitrogens with two attached hydrogens (primary N) is 4. The van der Waals surface area contributed by atoms with Gasteiger partial charge in [0.2, 0.25) is 6.19 Å². The molecule has 12 rings (SSSR count). The lowest BCUT2D eigenvalue weighted by molar-refractivity contribution is -0.141. The number of hydrogen-bond donors (Lipinski definition) is 10. The second-order valence-electron chi connectivity index (χ2n) is 23.1. The van der Waals surface area contributed by atoms with Crippen LogP contribution in [0.15, 0.2) is 339 Å². The first-order chi connectivity index (χ1) is 57.2. The summed E-state index contributed by atoms with van der Waals surface area (Å²) in [6.45, 7) is 5.88. The summed E-state index contributed by atoms with van der Waals surface area (Å²) in [4.78, 5) is 57.4. The molecule has 0 unspecified atom stereocenters. The highest BCUT2D eigenvalue weighted by molar-refractivity contribution is 9.12. The van der Waals surface area contributed by atoms with Crippen LogP contribution in [-0.4, -0.2) is 165 Å². The third-order valence-corrected chi connectivity index (χ3v) is 14.5. The number of ketones is 1. The fraction of sp³-hybridized carbons (Fsp3) is 0.170. The van der Waals surface area contributed by atoms with Crippen LogP contribution in [0.1, 0.15) is 100 Å². The average molecular weight is 1740 g/mol. The summed E-state index contributed by atoms with van der Waals surface area (Å²) in [7, 11) is 9.29. The molecule has 0 bridgehead atoms. The SMILES string of the molecule is CC(=O)O.CCN=C(c1ccccc1)c1ccccc1.CCO.CN(/N=C(\CCc1ccccc1)c1ccccc1)C1=NOC(=O)C1.CN(C#N)N=C(c1ccccc1)c1ccccc1.CN(N)C1=NOC(=O)C1.CN(N=C(c1ccccc1)c1ccccc1)/C(N)=N\O.CNN.CO.Cl.Cl.N#CBr.NO.O=C(c1ccccc1)c1ccccc1. The lowest BCUT2D eigenvalue weighted by Gasteiger charge is -2.14. The van der Waals surface area contributed by atoms with E-state index >= 15 is 0 Å². The summed E-state index contributed by atoms with van der Waals surface area (Å²) in [6, 6.07) is 98.8. The minimum absolute atomic E-state index is 0. The predicted molar refractivity (Wildman–Crippen MR) is 483 cm³/mol. The average Bonchev–Trinajstić information content (AvgIpc) is 1.20. The number of carbonyl (C=O) groups excluding carboxylic acids is 3. The Morgan fingerprint density at radius 2 is 0.783 bits per heavy atom. The van der Waals surface area contributed by atoms with Gasteiger partial charge in [0.05, 0.1) is 22.8 Å². The lowest BCUT2D eigenvalue weighted by Crippen LogP contribution is -2.32. The molecule has 2 aliphatic heterocycles. The Hall–Kier alpha value is -13.5. The zero-order valence-electron chi connectivity index (χ0n) is 68.1. The number of hydrazine groups is 2. The summed E-state index contributed by atoms with van der Waals surface area (Å²) < 4.78 is 0. The van der Waals surface area contributed by atoms with Crippen molar-refractivity contribution in [2.75, 3.05) is 55.5 Å². The van der Waals surface area contributed by atoms with Crippen LogP contribution in [0.4, 0.5) is 0 Å². The third-order valence-electron chi connectivity index (χ3n) is 14.5. The Morgan fingerprint density at radius 3 is 1.04 bits per heavy atom. The number of hydrogen-bond acceptors (Lipinski definition) is 26. The van der Waals surface area contributed by atoms with E-state index in [9.17, 15) is 14.4 Å². The number of nitrogens with one attached hydrogen (secondary N) is 1. The van der Waals surface area contributed by atoms with Gasteiger partial charge in [-0.3, -0.25) is 35.9 Å². The van der Waals surface area contributed by atoms with Crippen molar-refractivity contribution in [2.45, 2.75) is 46.5 Å². The monoisotopic (exact) mass is 1740 g/mol. The van der Waals surface area contributed by atoms with Gasteiger partial charge in [-0.1, -0.05) is 314 Å². The molecule has 0 aliphatic carbocycles. The Labute approximate surface area is 722 Å². The van der Waals surface area contributed by atoms with E-state index in [2.05, 4.69) is 122 Å². The zero-order valence-corrected chi connectivity index (χ0v) is 71.3. The number of guanidine groups is 1. The van der Waals surface area contributed by atoms with Crippen LogP contribution in [-0.2, 0) is 30.5 Å². The van der Waals surface area contributed by atoms with Crippen molar-refractivity contribution in [3.8, 4) is 11.2 Å². The number of aliphatic hydroxyl groups excluding tert-OH is 2. The number of aliphatic hydroxyl groups is 2. The zero-order chi connectivity index (χ0) is 87.5. The number of benzene rings is 10. The van der Waals surface area contributed by atoms with Crippen molar-refractivity contribution in [2.24, 2.45) is 59.1 Å². The van der Waals surface area contributed by atoms with Crippen LogP contribution in [0, 0.1) is 21.7 Å². The summed E-state index contributed by atoms with van der Waals surface area (Å²) in [5.74, 6) is 12.8. The number of oxime groups is 3. The van der Waals surface area contributed by atoms with Crippen LogP contribution in [0.3, 0.4) is 0 Å². The topological polar surface area (TPSA) is 451 Å². The first-order valence-electron chi connectivity index (χ1n) is 36.1. The first kappa shape index (κ1) is 109. The quantitative estimate of drug-likeness (QED) is 0.00494. The second-order valence-corrected chi connectivity index (χ2v) is 23.5. The van der Waals surface area contributed by atoms with Gasteiger partial charge in [0.15, 0.2) is 17.5 Å². The number of carboxylic acid groups (broad SMARTS) is 1. The maximum Gasteiger partial charge on any atom is 0.342 e. The van der Waals surface area contributed by atoms with Crippen molar-refractivity contribution in [3.05, 3.63) is 359 Å². The molecule has 10 aromatic carbocycles. The molecule has 2 aliphatic rings. The summed E-state index contributed by atoms with van der Waals surface area (Å²) in [6.07, 6.45) is 3.99. The van der Waals surface area contributed by atoms with Crippen LogP contribution in [0.25, 0.3) is 0 Å². The fourth-order valence-corrected chi connectivity index (χ4v) is 9.42. The number of hydrazone groups is 3. The molecule has 120 heavy (non-hydrogen) atoms. The van der Waals surface area contributed by atoms with Crippen molar-refractivity contribution < 1.29 is 54.6 Å². The van der Waals surface area contributed by atoms with Crippen LogP contribution in [0.2, 0.25) is 0 Å². The molecule has 0 fully saturated rings. The number of halogens is 3. The molecule has 634 valence electrons.